The standard InChI is InChI=1S/C16H24Cl2N2/c1-4-16(5-2)11-19-12(3)9-20(16)10-13-14(17)7-6-8-15(13)18/h6-8,12,19H,4-5,9-11H2,1-3H3. The van der Waals surface area contributed by atoms with E-state index in [4.69, 9.17) is 23.2 Å². The van der Waals surface area contributed by atoms with Crippen molar-refractivity contribution in [3.63, 3.8) is 0 Å². The van der Waals surface area contributed by atoms with E-state index in [0.29, 0.717) is 6.04 Å². The van der Waals surface area contributed by atoms with E-state index in [9.17, 15) is 0 Å². The van der Waals surface area contributed by atoms with Crippen LogP contribution in [0, 0.1) is 0 Å². The minimum atomic E-state index is 0.203. The molecule has 1 aromatic rings. The summed E-state index contributed by atoms with van der Waals surface area (Å²) in [5, 5.41) is 5.15. The quantitative estimate of drug-likeness (QED) is 0.889. The summed E-state index contributed by atoms with van der Waals surface area (Å²) in [6.45, 7) is 9.65. The molecule has 1 fully saturated rings. The molecule has 1 saturated heterocycles. The summed E-state index contributed by atoms with van der Waals surface area (Å²) in [6.07, 6.45) is 2.26. The lowest BCUT2D eigenvalue weighted by atomic mass is 9.87. The normalized spacial score (nSPS) is 22.9. The molecule has 2 rings (SSSR count). The fourth-order valence-electron chi connectivity index (χ4n) is 3.12. The molecule has 0 bridgehead atoms. The van der Waals surface area contributed by atoms with Crippen molar-refractivity contribution in [2.45, 2.75) is 51.7 Å². The largest absolute Gasteiger partial charge is 0.311 e. The summed E-state index contributed by atoms with van der Waals surface area (Å²) in [7, 11) is 0. The molecule has 112 valence electrons. The molecule has 2 nitrogen and oxygen atoms in total. The molecule has 0 radical (unpaired) electrons. The lowest BCUT2D eigenvalue weighted by molar-refractivity contribution is 0.0279. The van der Waals surface area contributed by atoms with Crippen molar-refractivity contribution in [1.29, 1.82) is 0 Å². The Bertz CT molecular complexity index is 438. The highest BCUT2D eigenvalue weighted by Gasteiger charge is 2.38. The predicted molar refractivity (Wildman–Crippen MR) is 87.6 cm³/mol. The van der Waals surface area contributed by atoms with Gasteiger partial charge in [-0.25, -0.2) is 0 Å². The van der Waals surface area contributed by atoms with E-state index in [1.807, 2.05) is 18.2 Å². The van der Waals surface area contributed by atoms with Gasteiger partial charge in [-0.3, -0.25) is 4.90 Å². The van der Waals surface area contributed by atoms with Gasteiger partial charge in [-0.05, 0) is 31.9 Å². The monoisotopic (exact) mass is 314 g/mol. The summed E-state index contributed by atoms with van der Waals surface area (Å²) < 4.78 is 0. The first-order chi connectivity index (χ1) is 9.52. The number of halogens is 2. The van der Waals surface area contributed by atoms with Crippen LogP contribution in [0.2, 0.25) is 10.0 Å². The Morgan fingerprint density at radius 2 is 1.85 bits per heavy atom. The molecule has 1 heterocycles. The highest BCUT2D eigenvalue weighted by Crippen LogP contribution is 2.32. The molecule has 1 unspecified atom stereocenters. The number of hydrogen-bond acceptors (Lipinski definition) is 2. The average Bonchev–Trinajstić information content (AvgIpc) is 2.44. The van der Waals surface area contributed by atoms with Gasteiger partial charge in [0.05, 0.1) is 0 Å². The third kappa shape index (κ3) is 3.14. The van der Waals surface area contributed by atoms with Crippen LogP contribution in [0.5, 0.6) is 0 Å². The first kappa shape index (κ1) is 16.1. The maximum atomic E-state index is 6.34. The maximum absolute atomic E-state index is 6.34. The third-order valence-corrected chi connectivity index (χ3v) is 5.38. The van der Waals surface area contributed by atoms with Gasteiger partial charge >= 0.3 is 0 Å². The van der Waals surface area contributed by atoms with Gasteiger partial charge in [0, 0.05) is 46.8 Å². The SMILES string of the molecule is CCC1(CC)CNC(C)CN1Cc1c(Cl)cccc1Cl. The highest BCUT2D eigenvalue weighted by molar-refractivity contribution is 6.35. The Labute approximate surface area is 132 Å². The van der Waals surface area contributed by atoms with Crippen molar-refractivity contribution < 1.29 is 0 Å². The van der Waals surface area contributed by atoms with Gasteiger partial charge in [0.15, 0.2) is 0 Å². The van der Waals surface area contributed by atoms with E-state index in [-0.39, 0.29) is 5.54 Å². The molecule has 1 N–H and O–H groups in total. The predicted octanol–water partition coefficient (Wildman–Crippen LogP) is 4.35. The number of nitrogens with zero attached hydrogens (tertiary/aromatic N) is 1. The van der Waals surface area contributed by atoms with E-state index < -0.39 is 0 Å². The van der Waals surface area contributed by atoms with Gasteiger partial charge in [0.2, 0.25) is 0 Å². The minimum Gasteiger partial charge on any atom is -0.311 e. The molecule has 1 aliphatic rings. The molecule has 0 aromatic heterocycles. The Kier molecular flexibility index (Phi) is 5.36. The Balaban J connectivity index is 2.28. The van der Waals surface area contributed by atoms with Crippen molar-refractivity contribution in [2.24, 2.45) is 0 Å². The number of benzene rings is 1. The van der Waals surface area contributed by atoms with Crippen molar-refractivity contribution in [3.8, 4) is 0 Å². The van der Waals surface area contributed by atoms with Gasteiger partial charge in [0.25, 0.3) is 0 Å². The number of nitrogens with one attached hydrogen (secondary N) is 1. The molecule has 0 spiro atoms. The summed E-state index contributed by atoms with van der Waals surface area (Å²) in [5.41, 5.74) is 1.26. The second-order valence-electron chi connectivity index (χ2n) is 5.79. The van der Waals surface area contributed by atoms with Crippen LogP contribution >= 0.6 is 23.2 Å². The van der Waals surface area contributed by atoms with Crippen LogP contribution in [0.15, 0.2) is 18.2 Å². The molecular formula is C16H24Cl2N2. The molecule has 1 aliphatic heterocycles. The molecule has 0 aliphatic carbocycles. The van der Waals surface area contributed by atoms with Crippen LogP contribution < -0.4 is 5.32 Å². The zero-order valence-electron chi connectivity index (χ0n) is 12.5. The maximum Gasteiger partial charge on any atom is 0.0465 e. The van der Waals surface area contributed by atoms with E-state index in [1.54, 1.807) is 0 Å². The van der Waals surface area contributed by atoms with Gasteiger partial charge in [-0.15, -0.1) is 0 Å². The molecular weight excluding hydrogens is 291 g/mol. The Hall–Kier alpha value is -0.280. The molecule has 1 atom stereocenters. The number of hydrogen-bond donors (Lipinski definition) is 1. The molecule has 4 heteroatoms. The van der Waals surface area contributed by atoms with Gasteiger partial charge in [-0.2, -0.15) is 0 Å². The van der Waals surface area contributed by atoms with Gasteiger partial charge in [-0.1, -0.05) is 43.1 Å². The van der Waals surface area contributed by atoms with Crippen molar-refractivity contribution in [2.75, 3.05) is 13.1 Å². The summed E-state index contributed by atoms with van der Waals surface area (Å²) in [5.74, 6) is 0. The van der Waals surface area contributed by atoms with E-state index >= 15 is 0 Å². The van der Waals surface area contributed by atoms with Crippen LogP contribution in [-0.4, -0.2) is 29.6 Å². The topological polar surface area (TPSA) is 15.3 Å². The summed E-state index contributed by atoms with van der Waals surface area (Å²) >= 11 is 12.7. The van der Waals surface area contributed by atoms with Crippen molar-refractivity contribution >= 4 is 23.2 Å². The zero-order valence-corrected chi connectivity index (χ0v) is 14.1. The lowest BCUT2D eigenvalue weighted by Gasteiger charge is -2.49. The van der Waals surface area contributed by atoms with E-state index in [1.165, 1.54) is 0 Å². The summed E-state index contributed by atoms with van der Waals surface area (Å²) in [6, 6.07) is 6.26. The molecule has 1 aromatic carbocycles. The van der Waals surface area contributed by atoms with Crippen LogP contribution in [0.1, 0.15) is 39.2 Å². The van der Waals surface area contributed by atoms with Crippen LogP contribution in [0.3, 0.4) is 0 Å². The smallest absolute Gasteiger partial charge is 0.0465 e. The Morgan fingerprint density at radius 1 is 1.25 bits per heavy atom. The van der Waals surface area contributed by atoms with Crippen LogP contribution in [0.25, 0.3) is 0 Å². The van der Waals surface area contributed by atoms with Gasteiger partial charge in [0.1, 0.15) is 0 Å². The fraction of sp³-hybridized carbons (Fsp3) is 0.625. The summed E-state index contributed by atoms with van der Waals surface area (Å²) in [4.78, 5) is 2.56. The second kappa shape index (κ2) is 6.65. The average molecular weight is 315 g/mol. The zero-order chi connectivity index (χ0) is 14.8. The van der Waals surface area contributed by atoms with Crippen molar-refractivity contribution in [1.82, 2.24) is 10.2 Å². The first-order valence-corrected chi connectivity index (χ1v) is 8.19. The molecule has 0 amide bonds. The van der Waals surface area contributed by atoms with Crippen LogP contribution in [-0.2, 0) is 6.54 Å². The van der Waals surface area contributed by atoms with E-state index in [0.717, 1.165) is 48.1 Å². The minimum absolute atomic E-state index is 0.203. The van der Waals surface area contributed by atoms with Crippen molar-refractivity contribution in [3.05, 3.63) is 33.8 Å². The first-order valence-electron chi connectivity index (χ1n) is 7.43. The van der Waals surface area contributed by atoms with Crippen LogP contribution in [0.4, 0.5) is 0 Å². The second-order valence-corrected chi connectivity index (χ2v) is 6.61. The molecule has 20 heavy (non-hydrogen) atoms. The number of rotatable bonds is 4. The van der Waals surface area contributed by atoms with E-state index in [2.05, 4.69) is 31.0 Å². The lowest BCUT2D eigenvalue weighted by Crippen LogP contribution is -2.63. The number of piperazine rings is 1. The van der Waals surface area contributed by atoms with Gasteiger partial charge < -0.3 is 5.32 Å². The third-order valence-electron chi connectivity index (χ3n) is 4.67. The molecule has 0 saturated carbocycles. The highest BCUT2D eigenvalue weighted by atomic mass is 35.5. The fourth-order valence-corrected chi connectivity index (χ4v) is 3.64. The Morgan fingerprint density at radius 3 is 2.40 bits per heavy atom.